The molecule has 0 saturated heterocycles. The summed E-state index contributed by atoms with van der Waals surface area (Å²) in [5.41, 5.74) is 3.80. The van der Waals surface area contributed by atoms with E-state index in [1.54, 1.807) is 18.4 Å². The fraction of sp³-hybridized carbons (Fsp3) is 0.375. The number of aryl methyl sites for hydroxylation is 2. The van der Waals surface area contributed by atoms with Crippen LogP contribution in [0.3, 0.4) is 0 Å². The molecule has 2 rings (SSSR count). The molecule has 0 amide bonds. The molecule has 0 aliphatic carbocycles. The summed E-state index contributed by atoms with van der Waals surface area (Å²) in [5, 5.41) is 3.41. The highest BCUT2D eigenvalue weighted by Gasteiger charge is 2.16. The average Bonchev–Trinajstić information content (AvgIpc) is 2.76. The molecule has 1 unspecified atom stereocenters. The summed E-state index contributed by atoms with van der Waals surface area (Å²) in [7, 11) is 3.74. The van der Waals surface area contributed by atoms with Crippen LogP contribution in [0.5, 0.6) is 5.75 Å². The van der Waals surface area contributed by atoms with Crippen molar-refractivity contribution in [1.82, 2.24) is 5.32 Å². The van der Waals surface area contributed by atoms with E-state index in [1.165, 1.54) is 25.4 Å². The van der Waals surface area contributed by atoms with Crippen LogP contribution in [0.1, 0.15) is 27.6 Å². The molecule has 0 fully saturated rings. The van der Waals surface area contributed by atoms with E-state index in [2.05, 4.69) is 53.3 Å². The van der Waals surface area contributed by atoms with Crippen LogP contribution in [-0.2, 0) is 6.42 Å². The second-order valence-corrected chi connectivity index (χ2v) is 7.37. The van der Waals surface area contributed by atoms with E-state index in [4.69, 9.17) is 4.74 Å². The zero-order valence-corrected chi connectivity index (χ0v) is 14.7. The number of thiophene rings is 1. The molecule has 0 bridgehead atoms. The Hall–Kier alpha value is -0.840. The van der Waals surface area contributed by atoms with Gasteiger partial charge in [-0.3, -0.25) is 0 Å². The molecule has 1 heterocycles. The maximum atomic E-state index is 5.48. The lowest BCUT2D eigenvalue weighted by atomic mass is 10.0. The van der Waals surface area contributed by atoms with Gasteiger partial charge in [-0.25, -0.2) is 0 Å². The third-order valence-electron chi connectivity index (χ3n) is 3.43. The summed E-state index contributed by atoms with van der Waals surface area (Å²) in [4.78, 5) is 1.35. The zero-order valence-electron chi connectivity index (χ0n) is 12.3. The van der Waals surface area contributed by atoms with Crippen molar-refractivity contribution in [2.45, 2.75) is 26.3 Å². The smallest absolute Gasteiger partial charge is 0.122 e. The van der Waals surface area contributed by atoms with E-state index in [-0.39, 0.29) is 0 Å². The summed E-state index contributed by atoms with van der Waals surface area (Å²) in [6.07, 6.45) is 0.924. The van der Waals surface area contributed by atoms with Crippen LogP contribution in [0.15, 0.2) is 28.1 Å². The van der Waals surface area contributed by atoms with Crippen LogP contribution in [0.4, 0.5) is 0 Å². The van der Waals surface area contributed by atoms with Crippen molar-refractivity contribution < 1.29 is 4.74 Å². The number of methoxy groups -OCH3 is 1. The van der Waals surface area contributed by atoms with Gasteiger partial charge in [-0.05, 0) is 66.5 Å². The maximum Gasteiger partial charge on any atom is 0.122 e. The maximum absolute atomic E-state index is 5.48. The van der Waals surface area contributed by atoms with Crippen LogP contribution in [0.25, 0.3) is 0 Å². The van der Waals surface area contributed by atoms with Gasteiger partial charge in [0.2, 0.25) is 0 Å². The van der Waals surface area contributed by atoms with Crippen molar-refractivity contribution >= 4 is 27.3 Å². The molecule has 1 N–H and O–H groups in total. The number of nitrogens with one attached hydrogen (secondary N) is 1. The Kier molecular flexibility index (Phi) is 5.24. The molecule has 0 aliphatic rings. The summed E-state index contributed by atoms with van der Waals surface area (Å²) >= 11 is 5.40. The number of hydrogen-bond donors (Lipinski definition) is 1. The second-order valence-electron chi connectivity index (χ2n) is 4.97. The molecule has 0 radical (unpaired) electrons. The number of benzene rings is 1. The van der Waals surface area contributed by atoms with Gasteiger partial charge in [-0.2, -0.15) is 0 Å². The van der Waals surface area contributed by atoms with Gasteiger partial charge < -0.3 is 10.1 Å². The molecule has 1 atom stereocenters. The molecule has 0 aliphatic heterocycles. The lowest BCUT2D eigenvalue weighted by Crippen LogP contribution is -2.18. The van der Waals surface area contributed by atoms with Crippen molar-refractivity contribution in [2.24, 2.45) is 0 Å². The third-order valence-corrected chi connectivity index (χ3v) is 5.68. The molecule has 20 heavy (non-hydrogen) atoms. The second kappa shape index (κ2) is 6.74. The quantitative estimate of drug-likeness (QED) is 0.845. The van der Waals surface area contributed by atoms with Gasteiger partial charge in [0.1, 0.15) is 5.75 Å². The monoisotopic (exact) mass is 353 g/mol. The van der Waals surface area contributed by atoms with Gasteiger partial charge in [0.05, 0.1) is 10.9 Å². The normalized spacial score (nSPS) is 12.4. The summed E-state index contributed by atoms with van der Waals surface area (Å²) < 4.78 is 6.69. The average molecular weight is 354 g/mol. The largest absolute Gasteiger partial charge is 0.496 e. The van der Waals surface area contributed by atoms with E-state index in [0.717, 1.165) is 12.2 Å². The van der Waals surface area contributed by atoms with E-state index >= 15 is 0 Å². The van der Waals surface area contributed by atoms with Crippen LogP contribution in [-0.4, -0.2) is 14.2 Å². The summed E-state index contributed by atoms with van der Waals surface area (Å²) in [6, 6.07) is 8.90. The first-order valence-electron chi connectivity index (χ1n) is 6.61. The lowest BCUT2D eigenvalue weighted by Gasteiger charge is -2.17. The Labute approximate surface area is 133 Å². The minimum absolute atomic E-state index is 0.306. The van der Waals surface area contributed by atoms with E-state index in [9.17, 15) is 0 Å². The Bertz CT molecular complexity index is 575. The zero-order chi connectivity index (χ0) is 14.7. The van der Waals surface area contributed by atoms with Crippen molar-refractivity contribution in [1.29, 1.82) is 0 Å². The number of rotatable bonds is 5. The SMILES string of the molecule is CNC(Cc1cc(C)ccc1OC)c1cc(C)c(Br)s1. The van der Waals surface area contributed by atoms with Crippen LogP contribution >= 0.6 is 27.3 Å². The van der Waals surface area contributed by atoms with Crippen LogP contribution in [0, 0.1) is 13.8 Å². The summed E-state index contributed by atoms with van der Waals surface area (Å²) in [6.45, 7) is 4.24. The Morgan fingerprint density at radius 1 is 1.30 bits per heavy atom. The highest BCUT2D eigenvalue weighted by molar-refractivity contribution is 9.11. The Morgan fingerprint density at radius 3 is 2.60 bits per heavy atom. The van der Waals surface area contributed by atoms with Crippen LogP contribution in [0.2, 0.25) is 0 Å². The molecule has 108 valence electrons. The van der Waals surface area contributed by atoms with E-state index in [0.29, 0.717) is 6.04 Å². The fourth-order valence-corrected chi connectivity index (χ4v) is 3.97. The van der Waals surface area contributed by atoms with Gasteiger partial charge in [-0.1, -0.05) is 17.7 Å². The molecule has 2 nitrogen and oxygen atoms in total. The molecule has 1 aromatic carbocycles. The van der Waals surface area contributed by atoms with Crippen molar-refractivity contribution in [3.8, 4) is 5.75 Å². The minimum Gasteiger partial charge on any atom is -0.496 e. The van der Waals surface area contributed by atoms with Crippen molar-refractivity contribution in [3.63, 3.8) is 0 Å². The first-order valence-corrected chi connectivity index (χ1v) is 8.22. The number of likely N-dealkylation sites (N-methyl/N-ethyl adjacent to an activating group) is 1. The van der Waals surface area contributed by atoms with Gasteiger partial charge in [0, 0.05) is 10.9 Å². The lowest BCUT2D eigenvalue weighted by molar-refractivity contribution is 0.406. The Morgan fingerprint density at radius 2 is 2.05 bits per heavy atom. The summed E-state index contributed by atoms with van der Waals surface area (Å²) in [5.74, 6) is 0.961. The number of ether oxygens (including phenoxy) is 1. The number of hydrogen-bond acceptors (Lipinski definition) is 3. The molecule has 2 aromatic rings. The van der Waals surface area contributed by atoms with Gasteiger partial charge in [0.15, 0.2) is 0 Å². The topological polar surface area (TPSA) is 21.3 Å². The highest BCUT2D eigenvalue weighted by atomic mass is 79.9. The van der Waals surface area contributed by atoms with E-state index in [1.807, 2.05) is 13.1 Å². The van der Waals surface area contributed by atoms with Crippen molar-refractivity contribution in [3.05, 3.63) is 49.6 Å². The number of halogens is 1. The van der Waals surface area contributed by atoms with Gasteiger partial charge in [0.25, 0.3) is 0 Å². The highest BCUT2D eigenvalue weighted by Crippen LogP contribution is 2.34. The molecular formula is C16H20BrNOS. The van der Waals surface area contributed by atoms with E-state index < -0.39 is 0 Å². The fourth-order valence-electron chi connectivity index (χ4n) is 2.29. The predicted molar refractivity (Wildman–Crippen MR) is 90.0 cm³/mol. The Balaban J connectivity index is 2.28. The third kappa shape index (κ3) is 3.43. The van der Waals surface area contributed by atoms with Gasteiger partial charge >= 0.3 is 0 Å². The molecule has 1 aromatic heterocycles. The molecule has 4 heteroatoms. The van der Waals surface area contributed by atoms with Gasteiger partial charge in [-0.15, -0.1) is 11.3 Å². The minimum atomic E-state index is 0.306. The van der Waals surface area contributed by atoms with Crippen molar-refractivity contribution in [2.75, 3.05) is 14.2 Å². The predicted octanol–water partition coefficient (Wildman–Crippen LogP) is 4.64. The molecular weight excluding hydrogens is 334 g/mol. The van der Waals surface area contributed by atoms with Crippen LogP contribution < -0.4 is 10.1 Å². The first kappa shape index (κ1) is 15.5. The first-order chi connectivity index (χ1) is 9.55. The standard InChI is InChI=1S/C16H20BrNOS/c1-10-5-6-14(19-4)12(7-10)9-13(18-3)15-8-11(2)16(17)20-15/h5-8,13,18H,9H2,1-4H3. The molecule has 0 saturated carbocycles. The molecule has 0 spiro atoms.